The van der Waals surface area contributed by atoms with E-state index in [4.69, 9.17) is 15.2 Å². The van der Waals surface area contributed by atoms with Crippen LogP contribution >= 0.6 is 0 Å². The van der Waals surface area contributed by atoms with E-state index in [9.17, 15) is 23.1 Å². The number of alkyl halides is 3. The number of aromatic nitrogens is 1. The number of nitrogens with one attached hydrogen (secondary N) is 1. The molecule has 174 valence electrons. The third-order valence-electron chi connectivity index (χ3n) is 4.57. The van der Waals surface area contributed by atoms with Gasteiger partial charge in [-0.25, -0.2) is 4.99 Å². The van der Waals surface area contributed by atoms with Crippen molar-refractivity contribution in [3.05, 3.63) is 30.0 Å². The molecule has 1 fully saturated rings. The first kappa shape index (κ1) is 25.1. The normalized spacial score (nSPS) is 21.0. The molecule has 2 rings (SSSR count). The van der Waals surface area contributed by atoms with Gasteiger partial charge in [-0.1, -0.05) is 17.9 Å². The van der Waals surface area contributed by atoms with Crippen molar-refractivity contribution < 1.29 is 32.5 Å². The predicted molar refractivity (Wildman–Crippen MR) is 112 cm³/mol. The predicted octanol–water partition coefficient (Wildman–Crippen LogP) is 1.04. The van der Waals surface area contributed by atoms with Crippen LogP contribution in [0.4, 0.5) is 19.0 Å². The number of hydrogen-bond donors (Lipinski definition) is 3. The number of carbonyl (C=O) groups excluding carboxylic acids is 1. The number of aliphatic hydroxyl groups is 1. The van der Waals surface area contributed by atoms with Crippen molar-refractivity contribution in [2.45, 2.75) is 31.0 Å². The highest BCUT2D eigenvalue weighted by Crippen LogP contribution is 2.37. The number of aliphatic hydroxyl groups excluding tert-OH is 1. The third-order valence-corrected chi connectivity index (χ3v) is 4.57. The van der Waals surface area contributed by atoms with E-state index in [2.05, 4.69) is 35.1 Å². The molecule has 1 aliphatic rings. The van der Waals surface area contributed by atoms with Gasteiger partial charge in [-0.15, -0.1) is 6.58 Å². The Hall–Kier alpha value is -3.14. The Balaban J connectivity index is 2.35. The molecule has 32 heavy (non-hydrogen) atoms. The molecule has 12 heteroatoms. The highest BCUT2D eigenvalue weighted by Gasteiger charge is 2.39. The smallest absolute Gasteiger partial charge is 0.394 e. The van der Waals surface area contributed by atoms with Gasteiger partial charge < -0.3 is 30.2 Å². The van der Waals surface area contributed by atoms with E-state index in [1.807, 2.05) is 0 Å². The molecule has 1 saturated heterocycles. The molecule has 9 nitrogen and oxygen atoms in total. The van der Waals surface area contributed by atoms with Crippen molar-refractivity contribution in [2.24, 2.45) is 15.7 Å². The minimum atomic E-state index is -5.00. The van der Waals surface area contributed by atoms with Crippen LogP contribution in [0.1, 0.15) is 23.8 Å². The van der Waals surface area contributed by atoms with Gasteiger partial charge in [0.2, 0.25) is 0 Å². The molecule has 1 aromatic heterocycles. The van der Waals surface area contributed by atoms with Gasteiger partial charge in [0.1, 0.15) is 24.0 Å². The van der Waals surface area contributed by atoms with Gasteiger partial charge in [-0.05, 0) is 6.72 Å². The largest absolute Gasteiger partial charge is 0.471 e. The minimum absolute atomic E-state index is 0.0749. The van der Waals surface area contributed by atoms with Crippen molar-refractivity contribution >= 4 is 24.3 Å². The Kier molecular flexibility index (Phi) is 8.59. The van der Waals surface area contributed by atoms with Crippen LogP contribution in [0.2, 0.25) is 0 Å². The van der Waals surface area contributed by atoms with Gasteiger partial charge in [0, 0.05) is 19.7 Å². The zero-order chi connectivity index (χ0) is 23.9. The Morgan fingerprint density at radius 2 is 2.28 bits per heavy atom. The summed E-state index contributed by atoms with van der Waals surface area (Å²) in [4.78, 5) is 18.8. The fourth-order valence-corrected chi connectivity index (χ4v) is 3.12. The fraction of sp³-hybridized carbons (Fsp3) is 0.450. The van der Waals surface area contributed by atoms with E-state index in [0.29, 0.717) is 17.5 Å². The average molecular weight is 455 g/mol. The lowest BCUT2D eigenvalue weighted by Crippen LogP contribution is -2.36. The monoisotopic (exact) mass is 455 g/mol. The van der Waals surface area contributed by atoms with E-state index in [1.165, 1.54) is 7.05 Å². The third kappa shape index (κ3) is 5.76. The fourth-order valence-electron chi connectivity index (χ4n) is 3.12. The van der Waals surface area contributed by atoms with Gasteiger partial charge in [0.25, 0.3) is 0 Å². The number of hydrogen-bond acceptors (Lipinski definition) is 6. The summed E-state index contributed by atoms with van der Waals surface area (Å²) in [7, 11) is 1.45. The van der Waals surface area contributed by atoms with Crippen LogP contribution in [0.25, 0.3) is 0 Å². The summed E-state index contributed by atoms with van der Waals surface area (Å²) in [5.74, 6) is 3.39. The lowest BCUT2D eigenvalue weighted by Gasteiger charge is -2.16. The second kappa shape index (κ2) is 10.9. The molecular formula is C20H24F3N5O4. The molecule has 1 amide bonds. The number of aliphatic imine (C=N–C) groups is 2. The molecule has 0 saturated carbocycles. The molecule has 0 aliphatic carbocycles. The van der Waals surface area contributed by atoms with Crippen molar-refractivity contribution in [3.8, 4) is 11.8 Å². The highest BCUT2D eigenvalue weighted by molar-refractivity contribution is 6.04. The molecule has 1 aromatic rings. The molecule has 0 aromatic carbocycles. The summed E-state index contributed by atoms with van der Waals surface area (Å²) in [6.45, 7) is 6.61. The summed E-state index contributed by atoms with van der Waals surface area (Å²) < 4.78 is 50.0. The zero-order valence-electron chi connectivity index (χ0n) is 17.4. The van der Waals surface area contributed by atoms with Gasteiger partial charge in [0.05, 0.1) is 37.0 Å². The number of nitrogens with zero attached hydrogens (tertiary/aromatic N) is 3. The molecule has 0 radical (unpaired) electrons. The van der Waals surface area contributed by atoms with Gasteiger partial charge in [-0.2, -0.15) is 13.2 Å². The van der Waals surface area contributed by atoms with Crippen LogP contribution in [0.15, 0.2) is 28.8 Å². The zero-order valence-corrected chi connectivity index (χ0v) is 17.4. The molecular weight excluding hydrogens is 431 g/mol. The van der Waals surface area contributed by atoms with Crippen LogP contribution in [0.3, 0.4) is 0 Å². The molecule has 4 N–H and O–H groups in total. The lowest BCUT2D eigenvalue weighted by molar-refractivity contribution is -0.173. The van der Waals surface area contributed by atoms with Crippen molar-refractivity contribution in [3.63, 3.8) is 0 Å². The number of amidine groups is 1. The number of halogens is 3. The van der Waals surface area contributed by atoms with Crippen LogP contribution in [0, 0.1) is 11.8 Å². The summed E-state index contributed by atoms with van der Waals surface area (Å²) >= 11 is 0. The quantitative estimate of drug-likeness (QED) is 0.234. The van der Waals surface area contributed by atoms with Crippen LogP contribution in [0.5, 0.6) is 0 Å². The minimum Gasteiger partial charge on any atom is -0.394 e. The second-order valence-electron chi connectivity index (χ2n) is 6.61. The van der Waals surface area contributed by atoms with E-state index in [1.54, 1.807) is 22.2 Å². The van der Waals surface area contributed by atoms with Crippen molar-refractivity contribution in [2.75, 3.05) is 26.8 Å². The summed E-state index contributed by atoms with van der Waals surface area (Å²) in [6.07, 6.45) is -3.10. The first-order valence-electron chi connectivity index (χ1n) is 9.44. The standard InChI is InChI=1S/C20H24F3N5O4/c1-4-8-31-13-9-15(32-14(13)11-29)28-10-12(16(17(24)25-2)18(28)26-3)6-5-7-27-19(30)20(21,22)23/h4,10,13-15,29H,1,3,7-9,11H2,2H3,(H2,24,25)(H,27,30)/t13-,14-,15-/m1/s1. The number of rotatable bonds is 8. The first-order chi connectivity index (χ1) is 15.2. The van der Waals surface area contributed by atoms with Crippen LogP contribution in [-0.2, 0) is 14.3 Å². The Bertz CT molecular complexity index is 946. The Morgan fingerprint density at radius 1 is 1.56 bits per heavy atom. The average Bonchev–Trinajstić information content (AvgIpc) is 3.34. The number of nitrogens with two attached hydrogens (primary N) is 1. The summed E-state index contributed by atoms with van der Waals surface area (Å²) in [5, 5.41) is 11.3. The van der Waals surface area contributed by atoms with Crippen molar-refractivity contribution in [1.82, 2.24) is 9.88 Å². The molecule has 0 unspecified atom stereocenters. The van der Waals surface area contributed by atoms with Gasteiger partial charge in [0.15, 0.2) is 0 Å². The maximum Gasteiger partial charge on any atom is 0.471 e. The summed E-state index contributed by atoms with van der Waals surface area (Å²) in [5.41, 5.74) is 6.60. The summed E-state index contributed by atoms with van der Waals surface area (Å²) in [6, 6.07) is 0. The first-order valence-corrected chi connectivity index (χ1v) is 9.44. The van der Waals surface area contributed by atoms with E-state index in [-0.39, 0.29) is 24.9 Å². The van der Waals surface area contributed by atoms with Crippen LogP contribution < -0.4 is 11.1 Å². The second-order valence-corrected chi connectivity index (χ2v) is 6.61. The van der Waals surface area contributed by atoms with E-state index >= 15 is 0 Å². The molecule has 0 bridgehead atoms. The maximum atomic E-state index is 12.3. The molecule has 3 atom stereocenters. The molecule has 0 spiro atoms. The van der Waals surface area contributed by atoms with Crippen LogP contribution in [-0.4, -0.2) is 73.3 Å². The topological polar surface area (TPSA) is 123 Å². The SMILES string of the molecule is C=CCO[C@@H]1C[C@H](n2cc(C#CCNC(=O)C(F)(F)F)c(/C(N)=N\C)c2N=C)O[C@@H]1CO. The maximum absolute atomic E-state index is 12.3. The van der Waals surface area contributed by atoms with Gasteiger partial charge >= 0.3 is 12.1 Å². The van der Waals surface area contributed by atoms with Gasteiger partial charge in [-0.3, -0.25) is 9.79 Å². The lowest BCUT2D eigenvalue weighted by atomic mass is 10.1. The Morgan fingerprint density at radius 3 is 2.84 bits per heavy atom. The van der Waals surface area contributed by atoms with Crippen molar-refractivity contribution in [1.29, 1.82) is 0 Å². The Labute approximate surface area is 182 Å². The van der Waals surface area contributed by atoms with E-state index in [0.717, 1.165) is 0 Å². The molecule has 1 aliphatic heterocycles. The number of ether oxygens (including phenoxy) is 2. The number of carbonyl (C=O) groups is 1. The number of amides is 1. The highest BCUT2D eigenvalue weighted by atomic mass is 19.4. The van der Waals surface area contributed by atoms with E-state index < -0.39 is 37.1 Å². The molecule has 2 heterocycles.